The molecule has 1 aliphatic rings. The van der Waals surface area contributed by atoms with Gasteiger partial charge in [0.1, 0.15) is 5.75 Å². The summed E-state index contributed by atoms with van der Waals surface area (Å²) in [5, 5.41) is 1.83. The number of hydrogen-bond acceptors (Lipinski definition) is 5. The highest BCUT2D eigenvalue weighted by atomic mass is 35.5. The molecule has 0 atom stereocenters. The Balaban J connectivity index is 1.41. The quantitative estimate of drug-likeness (QED) is 0.169. The second-order valence-electron chi connectivity index (χ2n) is 7.81. The zero-order valence-corrected chi connectivity index (χ0v) is 19.9. The number of fused-ring (bicyclic) bond motifs is 1. The van der Waals surface area contributed by atoms with Gasteiger partial charge in [-0.15, -0.1) is 0 Å². The van der Waals surface area contributed by atoms with Crippen LogP contribution in [0.1, 0.15) is 21.5 Å². The summed E-state index contributed by atoms with van der Waals surface area (Å²) in [7, 11) is 0. The SMILES string of the molecule is O=C(Oc1ccccc1/C=C1\SC(=O)N(Cc2ccccc2Cl)C1=O)c1cccc2ccccc12. The summed E-state index contributed by atoms with van der Waals surface area (Å²) < 4.78 is 5.73. The van der Waals surface area contributed by atoms with Crippen LogP contribution in [0, 0.1) is 0 Å². The summed E-state index contributed by atoms with van der Waals surface area (Å²) in [6.45, 7) is 0.0827. The van der Waals surface area contributed by atoms with Crippen LogP contribution in [0.15, 0.2) is 95.9 Å². The van der Waals surface area contributed by atoms with E-state index in [9.17, 15) is 14.4 Å². The molecule has 0 radical (unpaired) electrons. The molecule has 4 aromatic carbocycles. The van der Waals surface area contributed by atoms with Gasteiger partial charge < -0.3 is 4.74 Å². The van der Waals surface area contributed by atoms with Gasteiger partial charge >= 0.3 is 5.97 Å². The Hall–Kier alpha value is -3.87. The number of thioether (sulfide) groups is 1. The highest BCUT2D eigenvalue weighted by Crippen LogP contribution is 2.35. The summed E-state index contributed by atoms with van der Waals surface area (Å²) in [6.07, 6.45) is 1.57. The van der Waals surface area contributed by atoms with Crippen LogP contribution >= 0.6 is 23.4 Å². The number of para-hydroxylation sites is 1. The van der Waals surface area contributed by atoms with Crippen molar-refractivity contribution in [2.75, 3.05) is 0 Å². The first-order chi connectivity index (χ1) is 17.0. The monoisotopic (exact) mass is 499 g/mol. The number of hydrogen-bond donors (Lipinski definition) is 0. The minimum absolute atomic E-state index is 0.0827. The molecule has 0 aromatic heterocycles. The van der Waals surface area contributed by atoms with Crippen LogP contribution in [0.4, 0.5) is 4.79 Å². The van der Waals surface area contributed by atoms with E-state index in [1.165, 1.54) is 0 Å². The summed E-state index contributed by atoms with van der Waals surface area (Å²) in [5.41, 5.74) is 1.64. The molecule has 5 nitrogen and oxygen atoms in total. The van der Waals surface area contributed by atoms with Crippen molar-refractivity contribution in [1.82, 2.24) is 4.90 Å². The van der Waals surface area contributed by atoms with E-state index in [0.29, 0.717) is 27.5 Å². The lowest BCUT2D eigenvalue weighted by Crippen LogP contribution is -2.27. The van der Waals surface area contributed by atoms with Gasteiger partial charge in [0.05, 0.1) is 17.0 Å². The predicted octanol–water partition coefficient (Wildman–Crippen LogP) is 6.95. The van der Waals surface area contributed by atoms with Crippen molar-refractivity contribution in [3.8, 4) is 5.75 Å². The maximum Gasteiger partial charge on any atom is 0.344 e. The molecular weight excluding hydrogens is 482 g/mol. The third-order valence-corrected chi connectivity index (χ3v) is 6.85. The molecule has 0 aliphatic carbocycles. The number of benzene rings is 4. The number of imide groups is 1. The molecule has 4 aromatic rings. The Morgan fingerprint density at radius 1 is 0.886 bits per heavy atom. The number of carbonyl (C=O) groups is 3. The van der Waals surface area contributed by atoms with Gasteiger partial charge in [-0.25, -0.2) is 4.79 Å². The Morgan fingerprint density at radius 3 is 2.46 bits per heavy atom. The van der Waals surface area contributed by atoms with Gasteiger partial charge in [-0.2, -0.15) is 0 Å². The van der Waals surface area contributed by atoms with Crippen LogP contribution in [0.3, 0.4) is 0 Å². The van der Waals surface area contributed by atoms with E-state index >= 15 is 0 Å². The number of carbonyl (C=O) groups excluding carboxylic acids is 3. The number of amides is 2. The molecule has 0 N–H and O–H groups in total. The number of esters is 1. The average Bonchev–Trinajstić information content (AvgIpc) is 3.13. The topological polar surface area (TPSA) is 63.7 Å². The predicted molar refractivity (Wildman–Crippen MR) is 138 cm³/mol. The van der Waals surface area contributed by atoms with Gasteiger partial charge in [0.15, 0.2) is 0 Å². The molecule has 1 saturated heterocycles. The third-order valence-electron chi connectivity index (χ3n) is 5.58. The molecule has 5 rings (SSSR count). The van der Waals surface area contributed by atoms with Crippen LogP contribution in [0.2, 0.25) is 5.02 Å². The van der Waals surface area contributed by atoms with E-state index in [1.807, 2.05) is 30.3 Å². The van der Waals surface area contributed by atoms with Crippen molar-refractivity contribution in [2.45, 2.75) is 6.54 Å². The molecule has 0 bridgehead atoms. The van der Waals surface area contributed by atoms with Crippen molar-refractivity contribution in [1.29, 1.82) is 0 Å². The second kappa shape index (κ2) is 9.78. The van der Waals surface area contributed by atoms with Crippen LogP contribution in [0.5, 0.6) is 5.75 Å². The first-order valence-corrected chi connectivity index (χ1v) is 12.0. The largest absolute Gasteiger partial charge is 0.422 e. The van der Waals surface area contributed by atoms with Crippen LogP contribution < -0.4 is 4.74 Å². The average molecular weight is 500 g/mol. The fourth-order valence-corrected chi connectivity index (χ4v) is 4.85. The smallest absolute Gasteiger partial charge is 0.344 e. The van der Waals surface area contributed by atoms with Gasteiger partial charge in [-0.3, -0.25) is 14.5 Å². The fourth-order valence-electron chi connectivity index (χ4n) is 3.83. The first-order valence-electron chi connectivity index (χ1n) is 10.8. The van der Waals surface area contributed by atoms with Crippen LogP contribution in [0.25, 0.3) is 16.8 Å². The van der Waals surface area contributed by atoms with E-state index in [2.05, 4.69) is 0 Å². The van der Waals surface area contributed by atoms with Crippen molar-refractivity contribution in [3.63, 3.8) is 0 Å². The molecule has 1 aliphatic heterocycles. The highest BCUT2D eigenvalue weighted by molar-refractivity contribution is 8.18. The van der Waals surface area contributed by atoms with E-state index in [0.717, 1.165) is 27.4 Å². The molecular formula is C28H18ClNO4S. The zero-order valence-electron chi connectivity index (χ0n) is 18.3. The molecule has 0 unspecified atom stereocenters. The Kier molecular flexibility index (Phi) is 6.40. The standard InChI is InChI=1S/C28H18ClNO4S/c29-23-14-5-2-10-20(23)17-30-26(31)25(35-28(30)33)16-19-9-3-6-15-24(19)34-27(32)22-13-7-11-18-8-1-4-12-21(18)22/h1-16H,17H2/b25-16-. The normalized spacial score (nSPS) is 14.7. The molecule has 0 saturated carbocycles. The minimum atomic E-state index is -0.505. The van der Waals surface area contributed by atoms with Gasteiger partial charge in [0.25, 0.3) is 11.1 Å². The lowest BCUT2D eigenvalue weighted by atomic mass is 10.0. The maximum atomic E-state index is 13.0. The van der Waals surface area contributed by atoms with Gasteiger partial charge in [0, 0.05) is 10.6 Å². The zero-order chi connectivity index (χ0) is 24.4. The molecule has 2 amide bonds. The van der Waals surface area contributed by atoms with E-state index in [4.69, 9.17) is 16.3 Å². The number of halogens is 1. The summed E-state index contributed by atoms with van der Waals surface area (Å²) in [4.78, 5) is 40.0. The minimum Gasteiger partial charge on any atom is -0.422 e. The molecule has 1 fully saturated rings. The molecule has 1 heterocycles. The Morgan fingerprint density at radius 2 is 1.60 bits per heavy atom. The second-order valence-corrected chi connectivity index (χ2v) is 9.21. The molecule has 172 valence electrons. The maximum absolute atomic E-state index is 13.0. The molecule has 0 spiro atoms. The number of nitrogens with zero attached hydrogens (tertiary/aromatic N) is 1. The highest BCUT2D eigenvalue weighted by Gasteiger charge is 2.35. The third kappa shape index (κ3) is 4.71. The van der Waals surface area contributed by atoms with E-state index < -0.39 is 11.9 Å². The van der Waals surface area contributed by atoms with Crippen LogP contribution in [-0.2, 0) is 11.3 Å². The van der Waals surface area contributed by atoms with Gasteiger partial charge in [-0.05, 0) is 52.4 Å². The lowest BCUT2D eigenvalue weighted by molar-refractivity contribution is -0.123. The number of ether oxygens (including phenoxy) is 1. The van der Waals surface area contributed by atoms with Crippen LogP contribution in [-0.4, -0.2) is 22.0 Å². The summed E-state index contributed by atoms with van der Waals surface area (Å²) >= 11 is 7.04. The lowest BCUT2D eigenvalue weighted by Gasteiger charge is -2.13. The van der Waals surface area contributed by atoms with E-state index in [-0.39, 0.29) is 16.7 Å². The summed E-state index contributed by atoms with van der Waals surface area (Å²) in [6, 6.07) is 27.0. The summed E-state index contributed by atoms with van der Waals surface area (Å²) in [5.74, 6) is -0.632. The Bertz CT molecular complexity index is 1510. The van der Waals surface area contributed by atoms with Gasteiger partial charge in [-0.1, -0.05) is 84.4 Å². The fraction of sp³-hybridized carbons (Fsp3) is 0.0357. The van der Waals surface area contributed by atoms with E-state index in [1.54, 1.807) is 66.7 Å². The van der Waals surface area contributed by atoms with Crippen molar-refractivity contribution in [3.05, 3.63) is 118 Å². The van der Waals surface area contributed by atoms with Crippen molar-refractivity contribution >= 4 is 57.3 Å². The van der Waals surface area contributed by atoms with Crippen molar-refractivity contribution in [2.24, 2.45) is 0 Å². The molecule has 7 heteroatoms. The van der Waals surface area contributed by atoms with Gasteiger partial charge in [0.2, 0.25) is 0 Å². The number of rotatable bonds is 5. The Labute approximate surface area is 211 Å². The van der Waals surface area contributed by atoms with Crippen molar-refractivity contribution < 1.29 is 19.1 Å². The first kappa shape index (κ1) is 22.9. The molecule has 35 heavy (non-hydrogen) atoms.